The van der Waals surface area contributed by atoms with Gasteiger partial charge in [0, 0.05) is 24.7 Å². The molecule has 0 aliphatic carbocycles. The van der Waals surface area contributed by atoms with Gasteiger partial charge in [0.15, 0.2) is 11.5 Å². The van der Waals surface area contributed by atoms with Crippen molar-refractivity contribution < 1.29 is 19.0 Å². The van der Waals surface area contributed by atoms with Crippen LogP contribution in [0.3, 0.4) is 0 Å². The summed E-state index contributed by atoms with van der Waals surface area (Å²) >= 11 is 0. The van der Waals surface area contributed by atoms with Gasteiger partial charge in [0.25, 0.3) is 0 Å². The molecule has 0 unspecified atom stereocenters. The van der Waals surface area contributed by atoms with Crippen molar-refractivity contribution in [3.8, 4) is 17.2 Å². The Bertz CT molecular complexity index is 732. The van der Waals surface area contributed by atoms with Gasteiger partial charge in [0.05, 0.1) is 26.0 Å². The van der Waals surface area contributed by atoms with Crippen LogP contribution < -0.4 is 24.8 Å². The first kappa shape index (κ1) is 19.4. The summed E-state index contributed by atoms with van der Waals surface area (Å²) in [5, 5.41) is 6.10. The molecule has 0 aromatic heterocycles. The summed E-state index contributed by atoms with van der Waals surface area (Å²) in [6.45, 7) is 4.46. The molecule has 2 N–H and O–H groups in total. The molecule has 0 bridgehead atoms. The van der Waals surface area contributed by atoms with Gasteiger partial charge in [0.2, 0.25) is 5.91 Å². The molecule has 140 valence electrons. The smallest absolute Gasteiger partial charge is 0.226 e. The molecular weight excluding hydrogens is 332 g/mol. The number of hydrogen-bond donors (Lipinski definition) is 2. The summed E-state index contributed by atoms with van der Waals surface area (Å²) in [5.74, 6) is 1.88. The monoisotopic (exact) mass is 358 g/mol. The molecule has 0 spiro atoms. The van der Waals surface area contributed by atoms with Crippen LogP contribution in [0.25, 0.3) is 0 Å². The van der Waals surface area contributed by atoms with Crippen LogP contribution in [-0.4, -0.2) is 32.8 Å². The molecule has 2 rings (SSSR count). The van der Waals surface area contributed by atoms with Crippen LogP contribution in [0.1, 0.15) is 20.3 Å². The second kappa shape index (κ2) is 9.56. The maximum absolute atomic E-state index is 12.2. The number of ether oxygens (including phenoxy) is 3. The van der Waals surface area contributed by atoms with Gasteiger partial charge in [-0.2, -0.15) is 0 Å². The number of hydrogen-bond acceptors (Lipinski definition) is 5. The summed E-state index contributed by atoms with van der Waals surface area (Å²) in [6.07, 6.45) is 0.413. The van der Waals surface area contributed by atoms with E-state index in [0.717, 1.165) is 11.4 Å². The minimum Gasteiger partial charge on any atom is -0.493 e. The number of anilines is 2. The lowest BCUT2D eigenvalue weighted by molar-refractivity contribution is -0.115. The Hall–Kier alpha value is -2.89. The highest BCUT2D eigenvalue weighted by Gasteiger charge is 2.09. The first-order valence-corrected chi connectivity index (χ1v) is 8.55. The van der Waals surface area contributed by atoms with Crippen LogP contribution >= 0.6 is 0 Å². The van der Waals surface area contributed by atoms with Crippen molar-refractivity contribution in [1.29, 1.82) is 0 Å². The highest BCUT2D eigenvalue weighted by molar-refractivity contribution is 5.91. The second-order valence-corrected chi connectivity index (χ2v) is 5.96. The Kier molecular flexibility index (Phi) is 7.14. The maximum atomic E-state index is 12.2. The van der Waals surface area contributed by atoms with E-state index < -0.39 is 0 Å². The number of para-hydroxylation sites is 2. The molecule has 2 aromatic rings. The number of nitrogens with one attached hydrogen (secondary N) is 2. The number of carbonyl (C=O) groups excluding carboxylic acids is 1. The van der Waals surface area contributed by atoms with Crippen molar-refractivity contribution in [2.75, 3.05) is 31.4 Å². The molecule has 2 aromatic carbocycles. The van der Waals surface area contributed by atoms with Gasteiger partial charge in [-0.15, -0.1) is 0 Å². The Balaban J connectivity index is 1.88. The Labute approximate surface area is 154 Å². The van der Waals surface area contributed by atoms with Crippen molar-refractivity contribution in [3.63, 3.8) is 0 Å². The predicted molar refractivity (Wildman–Crippen MR) is 103 cm³/mol. The number of rotatable bonds is 9. The highest BCUT2D eigenvalue weighted by Crippen LogP contribution is 2.29. The van der Waals surface area contributed by atoms with E-state index in [4.69, 9.17) is 14.2 Å². The van der Waals surface area contributed by atoms with E-state index in [1.807, 2.05) is 38.1 Å². The van der Waals surface area contributed by atoms with Crippen molar-refractivity contribution >= 4 is 17.3 Å². The van der Waals surface area contributed by atoms with Crippen LogP contribution in [-0.2, 0) is 4.79 Å². The quantitative estimate of drug-likeness (QED) is 0.711. The normalized spacial score (nSPS) is 10.3. The number of carbonyl (C=O) groups is 1. The highest BCUT2D eigenvalue weighted by atomic mass is 16.5. The molecule has 26 heavy (non-hydrogen) atoms. The van der Waals surface area contributed by atoms with Crippen molar-refractivity contribution in [3.05, 3.63) is 42.5 Å². The van der Waals surface area contributed by atoms with Gasteiger partial charge in [-0.25, -0.2) is 0 Å². The summed E-state index contributed by atoms with van der Waals surface area (Å²) in [6, 6.07) is 13.0. The lowest BCUT2D eigenvalue weighted by atomic mass is 10.2. The van der Waals surface area contributed by atoms with E-state index in [-0.39, 0.29) is 12.0 Å². The predicted octanol–water partition coefficient (Wildman–Crippen LogP) is 3.93. The molecule has 0 heterocycles. The SMILES string of the molecule is COc1ccc(NC(=O)CCNc2ccccc2OC(C)C)cc1OC. The minimum atomic E-state index is -0.0908. The van der Waals surface area contributed by atoms with E-state index in [9.17, 15) is 4.79 Å². The molecule has 1 amide bonds. The third kappa shape index (κ3) is 5.58. The molecule has 0 saturated heterocycles. The van der Waals surface area contributed by atoms with Crippen LogP contribution in [0, 0.1) is 0 Å². The van der Waals surface area contributed by atoms with Crippen molar-refractivity contribution in [1.82, 2.24) is 0 Å². The molecule has 0 saturated carbocycles. The second-order valence-electron chi connectivity index (χ2n) is 5.96. The summed E-state index contributed by atoms with van der Waals surface area (Å²) in [5.41, 5.74) is 1.54. The maximum Gasteiger partial charge on any atom is 0.226 e. The molecule has 6 heteroatoms. The number of benzene rings is 2. The van der Waals surface area contributed by atoms with Gasteiger partial charge in [-0.05, 0) is 38.1 Å². The third-order valence-electron chi connectivity index (χ3n) is 3.58. The molecule has 0 radical (unpaired) electrons. The van der Waals surface area contributed by atoms with Crippen molar-refractivity contribution in [2.45, 2.75) is 26.4 Å². The first-order valence-electron chi connectivity index (χ1n) is 8.55. The number of methoxy groups -OCH3 is 2. The lowest BCUT2D eigenvalue weighted by Gasteiger charge is -2.15. The Morgan fingerprint density at radius 2 is 1.73 bits per heavy atom. The average Bonchev–Trinajstić information content (AvgIpc) is 2.62. The minimum absolute atomic E-state index is 0.0892. The molecule has 0 fully saturated rings. The fraction of sp³-hybridized carbons (Fsp3) is 0.350. The Morgan fingerprint density at radius 3 is 2.42 bits per heavy atom. The first-order chi connectivity index (χ1) is 12.5. The van der Waals surface area contributed by atoms with E-state index in [0.29, 0.717) is 30.2 Å². The topological polar surface area (TPSA) is 68.8 Å². The molecule has 0 aliphatic heterocycles. The van der Waals surface area contributed by atoms with Gasteiger partial charge in [-0.1, -0.05) is 12.1 Å². The van der Waals surface area contributed by atoms with Crippen molar-refractivity contribution in [2.24, 2.45) is 0 Å². The summed E-state index contributed by atoms with van der Waals surface area (Å²) in [7, 11) is 3.13. The Morgan fingerprint density at radius 1 is 1.00 bits per heavy atom. The molecule has 0 atom stereocenters. The van der Waals surface area contributed by atoms with E-state index >= 15 is 0 Å². The van der Waals surface area contributed by atoms with E-state index in [2.05, 4.69) is 10.6 Å². The zero-order chi connectivity index (χ0) is 18.9. The van der Waals surface area contributed by atoms with E-state index in [1.54, 1.807) is 32.4 Å². The molecular formula is C20H26N2O4. The third-order valence-corrected chi connectivity index (χ3v) is 3.58. The van der Waals surface area contributed by atoms with Gasteiger partial charge >= 0.3 is 0 Å². The average molecular weight is 358 g/mol. The largest absolute Gasteiger partial charge is 0.493 e. The van der Waals surface area contributed by atoms with Crippen LogP contribution in [0.15, 0.2) is 42.5 Å². The summed E-state index contributed by atoms with van der Waals surface area (Å²) < 4.78 is 16.2. The lowest BCUT2D eigenvalue weighted by Crippen LogP contribution is -2.17. The standard InChI is InChI=1S/C20H26N2O4/c1-14(2)26-17-8-6-5-7-16(17)21-12-11-20(23)22-15-9-10-18(24-3)19(13-15)25-4/h5-10,13-14,21H,11-12H2,1-4H3,(H,22,23). The zero-order valence-electron chi connectivity index (χ0n) is 15.7. The zero-order valence-corrected chi connectivity index (χ0v) is 15.7. The fourth-order valence-electron chi connectivity index (χ4n) is 2.42. The van der Waals surface area contributed by atoms with Gasteiger partial charge < -0.3 is 24.8 Å². The van der Waals surface area contributed by atoms with E-state index in [1.165, 1.54) is 0 Å². The van der Waals surface area contributed by atoms with Crippen LogP contribution in [0.4, 0.5) is 11.4 Å². The molecule has 0 aliphatic rings. The number of amides is 1. The van der Waals surface area contributed by atoms with Gasteiger partial charge in [-0.3, -0.25) is 4.79 Å². The summed E-state index contributed by atoms with van der Waals surface area (Å²) in [4.78, 5) is 12.2. The van der Waals surface area contributed by atoms with Crippen LogP contribution in [0.5, 0.6) is 17.2 Å². The molecule has 6 nitrogen and oxygen atoms in total. The fourth-order valence-corrected chi connectivity index (χ4v) is 2.42. The van der Waals surface area contributed by atoms with Crippen LogP contribution in [0.2, 0.25) is 0 Å². The van der Waals surface area contributed by atoms with Gasteiger partial charge in [0.1, 0.15) is 5.75 Å².